The molecule has 23 heavy (non-hydrogen) atoms. The summed E-state index contributed by atoms with van der Waals surface area (Å²) in [7, 11) is 0. The molecule has 0 fully saturated rings. The van der Waals surface area contributed by atoms with Crippen LogP contribution in [0.4, 0.5) is 5.69 Å². The molecule has 0 radical (unpaired) electrons. The van der Waals surface area contributed by atoms with Gasteiger partial charge in [-0.05, 0) is 42.2 Å². The SMILES string of the molecule is CCC(CC(=O)Nc1ccc(OCCO)cc1)c1ccccc1. The first-order chi connectivity index (χ1) is 11.2. The number of carbonyl (C=O) groups excluding carboxylic acids is 1. The molecule has 0 aliphatic heterocycles. The summed E-state index contributed by atoms with van der Waals surface area (Å²) in [5.74, 6) is 0.904. The van der Waals surface area contributed by atoms with Crippen molar-refractivity contribution < 1.29 is 14.6 Å². The van der Waals surface area contributed by atoms with Gasteiger partial charge in [0, 0.05) is 12.1 Å². The van der Waals surface area contributed by atoms with E-state index in [1.54, 1.807) is 24.3 Å². The highest BCUT2D eigenvalue weighted by molar-refractivity contribution is 5.91. The number of carbonyl (C=O) groups is 1. The van der Waals surface area contributed by atoms with Crippen LogP contribution >= 0.6 is 0 Å². The molecule has 0 spiro atoms. The van der Waals surface area contributed by atoms with E-state index in [2.05, 4.69) is 24.4 Å². The van der Waals surface area contributed by atoms with Gasteiger partial charge in [-0.3, -0.25) is 4.79 Å². The fourth-order valence-corrected chi connectivity index (χ4v) is 2.46. The quantitative estimate of drug-likeness (QED) is 0.783. The fraction of sp³-hybridized carbons (Fsp3) is 0.316. The van der Waals surface area contributed by atoms with Crippen molar-refractivity contribution in [2.45, 2.75) is 25.7 Å². The zero-order chi connectivity index (χ0) is 16.5. The summed E-state index contributed by atoms with van der Waals surface area (Å²) < 4.78 is 5.29. The Balaban J connectivity index is 1.91. The molecular formula is C19H23NO3. The summed E-state index contributed by atoms with van der Waals surface area (Å²) >= 11 is 0. The Hall–Kier alpha value is -2.33. The lowest BCUT2D eigenvalue weighted by Gasteiger charge is -2.15. The largest absolute Gasteiger partial charge is 0.491 e. The van der Waals surface area contributed by atoms with Gasteiger partial charge in [-0.1, -0.05) is 37.3 Å². The average Bonchev–Trinajstić information content (AvgIpc) is 2.60. The standard InChI is InChI=1S/C19H23NO3/c1-2-15(16-6-4-3-5-7-16)14-19(22)20-17-8-10-18(11-9-17)23-13-12-21/h3-11,15,21H,2,12-14H2,1H3,(H,20,22). The lowest BCUT2D eigenvalue weighted by Crippen LogP contribution is -2.15. The molecular weight excluding hydrogens is 290 g/mol. The molecule has 2 aromatic rings. The summed E-state index contributed by atoms with van der Waals surface area (Å²) in [6.07, 6.45) is 1.38. The normalized spacial score (nSPS) is 11.7. The van der Waals surface area contributed by atoms with Crippen LogP contribution in [-0.4, -0.2) is 24.2 Å². The van der Waals surface area contributed by atoms with Crippen molar-refractivity contribution in [2.24, 2.45) is 0 Å². The van der Waals surface area contributed by atoms with Crippen molar-refractivity contribution >= 4 is 11.6 Å². The summed E-state index contributed by atoms with van der Waals surface area (Å²) in [4.78, 5) is 12.2. The van der Waals surface area contributed by atoms with Gasteiger partial charge in [0.1, 0.15) is 12.4 Å². The first-order valence-corrected chi connectivity index (χ1v) is 7.91. The minimum Gasteiger partial charge on any atom is -0.491 e. The smallest absolute Gasteiger partial charge is 0.224 e. The fourth-order valence-electron chi connectivity index (χ4n) is 2.46. The van der Waals surface area contributed by atoms with Crippen molar-refractivity contribution in [3.05, 3.63) is 60.2 Å². The number of rotatable bonds is 8. The topological polar surface area (TPSA) is 58.6 Å². The third-order valence-corrected chi connectivity index (χ3v) is 3.69. The van der Waals surface area contributed by atoms with E-state index in [0.29, 0.717) is 12.2 Å². The summed E-state index contributed by atoms with van der Waals surface area (Å²) in [6, 6.07) is 17.3. The van der Waals surface area contributed by atoms with E-state index in [4.69, 9.17) is 9.84 Å². The van der Waals surface area contributed by atoms with Crippen LogP contribution in [0, 0.1) is 0 Å². The predicted molar refractivity (Wildman–Crippen MR) is 91.7 cm³/mol. The van der Waals surface area contributed by atoms with Crippen molar-refractivity contribution in [1.82, 2.24) is 0 Å². The van der Waals surface area contributed by atoms with Gasteiger partial charge >= 0.3 is 0 Å². The molecule has 2 rings (SSSR count). The van der Waals surface area contributed by atoms with Crippen LogP contribution in [0.3, 0.4) is 0 Å². The number of aliphatic hydroxyl groups excluding tert-OH is 1. The second kappa shape index (κ2) is 8.96. The van der Waals surface area contributed by atoms with Crippen molar-refractivity contribution in [3.63, 3.8) is 0 Å². The van der Waals surface area contributed by atoms with E-state index in [1.807, 2.05) is 18.2 Å². The van der Waals surface area contributed by atoms with Gasteiger partial charge in [0.05, 0.1) is 6.61 Å². The van der Waals surface area contributed by atoms with Crippen LogP contribution in [0.25, 0.3) is 0 Å². The third kappa shape index (κ3) is 5.42. The van der Waals surface area contributed by atoms with E-state index < -0.39 is 0 Å². The van der Waals surface area contributed by atoms with Crippen LogP contribution in [-0.2, 0) is 4.79 Å². The Morgan fingerprint density at radius 2 is 1.83 bits per heavy atom. The first kappa shape index (κ1) is 17.0. The Kier molecular flexibility index (Phi) is 6.63. The predicted octanol–water partition coefficient (Wildman–Crippen LogP) is 3.58. The Bertz CT molecular complexity index is 596. The van der Waals surface area contributed by atoms with Crippen LogP contribution in [0.2, 0.25) is 0 Å². The van der Waals surface area contributed by atoms with E-state index in [0.717, 1.165) is 12.1 Å². The zero-order valence-electron chi connectivity index (χ0n) is 13.4. The Morgan fingerprint density at radius 3 is 2.43 bits per heavy atom. The van der Waals surface area contributed by atoms with E-state index in [1.165, 1.54) is 5.56 Å². The third-order valence-electron chi connectivity index (χ3n) is 3.69. The number of benzene rings is 2. The molecule has 0 aromatic heterocycles. The van der Waals surface area contributed by atoms with Gasteiger partial charge in [-0.15, -0.1) is 0 Å². The zero-order valence-corrected chi connectivity index (χ0v) is 13.4. The molecule has 1 amide bonds. The van der Waals surface area contributed by atoms with Gasteiger partial charge in [0.15, 0.2) is 0 Å². The molecule has 0 aliphatic carbocycles. The van der Waals surface area contributed by atoms with Crippen LogP contribution < -0.4 is 10.1 Å². The molecule has 1 unspecified atom stereocenters. The van der Waals surface area contributed by atoms with Crippen molar-refractivity contribution in [1.29, 1.82) is 0 Å². The van der Waals surface area contributed by atoms with E-state index in [-0.39, 0.29) is 25.0 Å². The first-order valence-electron chi connectivity index (χ1n) is 7.91. The molecule has 122 valence electrons. The number of amides is 1. The minimum atomic E-state index is -0.0175. The van der Waals surface area contributed by atoms with Gasteiger partial charge in [-0.2, -0.15) is 0 Å². The summed E-state index contributed by atoms with van der Waals surface area (Å²) in [6.45, 7) is 2.34. The molecule has 4 heteroatoms. The molecule has 2 N–H and O–H groups in total. The van der Waals surface area contributed by atoms with Gasteiger partial charge < -0.3 is 15.2 Å². The van der Waals surface area contributed by atoms with Crippen LogP contribution in [0.1, 0.15) is 31.2 Å². The second-order valence-corrected chi connectivity index (χ2v) is 5.36. The highest BCUT2D eigenvalue weighted by Gasteiger charge is 2.14. The maximum atomic E-state index is 12.2. The molecule has 4 nitrogen and oxygen atoms in total. The molecule has 0 bridgehead atoms. The number of aliphatic hydroxyl groups is 1. The van der Waals surface area contributed by atoms with Gasteiger partial charge in [0.25, 0.3) is 0 Å². The Morgan fingerprint density at radius 1 is 1.13 bits per heavy atom. The highest BCUT2D eigenvalue weighted by Crippen LogP contribution is 2.24. The molecule has 0 heterocycles. The molecule has 2 aromatic carbocycles. The van der Waals surface area contributed by atoms with Crippen LogP contribution in [0.5, 0.6) is 5.75 Å². The average molecular weight is 313 g/mol. The van der Waals surface area contributed by atoms with Gasteiger partial charge in [-0.25, -0.2) is 0 Å². The number of hydrogen-bond acceptors (Lipinski definition) is 3. The number of hydrogen-bond donors (Lipinski definition) is 2. The molecule has 1 atom stereocenters. The minimum absolute atomic E-state index is 0.00438. The maximum absolute atomic E-state index is 12.2. The number of anilines is 1. The van der Waals surface area contributed by atoms with E-state index in [9.17, 15) is 4.79 Å². The lowest BCUT2D eigenvalue weighted by molar-refractivity contribution is -0.116. The van der Waals surface area contributed by atoms with Crippen LogP contribution in [0.15, 0.2) is 54.6 Å². The number of ether oxygens (including phenoxy) is 1. The van der Waals surface area contributed by atoms with Crippen molar-refractivity contribution in [2.75, 3.05) is 18.5 Å². The van der Waals surface area contributed by atoms with Crippen molar-refractivity contribution in [3.8, 4) is 5.75 Å². The highest BCUT2D eigenvalue weighted by atomic mass is 16.5. The molecule has 0 saturated carbocycles. The second-order valence-electron chi connectivity index (χ2n) is 5.36. The number of nitrogens with one attached hydrogen (secondary N) is 1. The van der Waals surface area contributed by atoms with E-state index >= 15 is 0 Å². The molecule has 0 saturated heterocycles. The Labute approximate surface area is 137 Å². The monoisotopic (exact) mass is 313 g/mol. The molecule has 0 aliphatic rings. The lowest BCUT2D eigenvalue weighted by atomic mass is 9.93. The maximum Gasteiger partial charge on any atom is 0.224 e. The van der Waals surface area contributed by atoms with Gasteiger partial charge in [0.2, 0.25) is 5.91 Å². The summed E-state index contributed by atoms with van der Waals surface area (Å²) in [5.41, 5.74) is 1.94. The summed E-state index contributed by atoms with van der Waals surface area (Å²) in [5, 5.41) is 11.6.